The molecule has 3 fully saturated rings. The van der Waals surface area contributed by atoms with E-state index in [-0.39, 0.29) is 30.3 Å². The van der Waals surface area contributed by atoms with Gasteiger partial charge in [-0.25, -0.2) is 0 Å². The molecule has 3 amide bonds. The first-order chi connectivity index (χ1) is 18.9. The highest BCUT2D eigenvalue weighted by atomic mass is 16.5. The minimum Gasteiger partial charge on any atom is -0.359 e. The molecular formula is C32H37N3O4. The second kappa shape index (κ2) is 10.3. The van der Waals surface area contributed by atoms with Gasteiger partial charge in [-0.1, -0.05) is 87.7 Å². The van der Waals surface area contributed by atoms with Crippen molar-refractivity contribution in [3.8, 4) is 0 Å². The number of carbonyl (C=O) groups is 3. The Balaban J connectivity index is 1.29. The minimum atomic E-state index is -1.15. The van der Waals surface area contributed by atoms with E-state index in [1.165, 1.54) is 12.0 Å². The quantitative estimate of drug-likeness (QED) is 0.518. The number of rotatable bonds is 7. The van der Waals surface area contributed by atoms with Gasteiger partial charge in [0.05, 0.1) is 17.9 Å². The van der Waals surface area contributed by atoms with Crippen molar-refractivity contribution in [2.24, 2.45) is 11.8 Å². The van der Waals surface area contributed by atoms with Gasteiger partial charge in [0.1, 0.15) is 11.6 Å². The molecule has 39 heavy (non-hydrogen) atoms. The Morgan fingerprint density at radius 1 is 1.00 bits per heavy atom. The zero-order valence-corrected chi connectivity index (χ0v) is 22.6. The lowest BCUT2D eigenvalue weighted by Crippen LogP contribution is -2.56. The summed E-state index contributed by atoms with van der Waals surface area (Å²) in [6, 6.07) is 16.8. The van der Waals surface area contributed by atoms with Crippen molar-refractivity contribution in [1.82, 2.24) is 10.2 Å². The van der Waals surface area contributed by atoms with Crippen molar-refractivity contribution in [1.29, 1.82) is 0 Å². The highest BCUT2D eigenvalue weighted by Crippen LogP contribution is 2.55. The molecule has 3 heterocycles. The monoisotopic (exact) mass is 527 g/mol. The Hall–Kier alpha value is -3.45. The standard InChI is InChI=1S/C32H37N3O4/c1-20(2)22-13-15-24(16-14-22)33-29(36)26-25-17-18-32(39-25)27(26)31(38)35(19-21-9-5-3-6-10-21)28(32)30(37)34-23-11-7-4-8-12-23/h3,5-6,9-10,13-18,20,23,25-28H,4,7-8,11-12,19H2,1-2H3,(H,33,36)(H,34,37)/t25-,26+,27-,28+,32-/m1/s1. The lowest BCUT2D eigenvalue weighted by molar-refractivity contribution is -0.142. The maximum Gasteiger partial charge on any atom is 0.246 e. The molecule has 5 atom stereocenters. The van der Waals surface area contributed by atoms with E-state index in [9.17, 15) is 14.4 Å². The fourth-order valence-electron chi connectivity index (χ4n) is 6.92. The highest BCUT2D eigenvalue weighted by Gasteiger charge is 2.72. The van der Waals surface area contributed by atoms with Gasteiger partial charge in [-0.15, -0.1) is 0 Å². The topological polar surface area (TPSA) is 87.7 Å². The van der Waals surface area contributed by atoms with Gasteiger partial charge in [-0.3, -0.25) is 14.4 Å². The van der Waals surface area contributed by atoms with Gasteiger partial charge in [-0.2, -0.15) is 0 Å². The van der Waals surface area contributed by atoms with Gasteiger partial charge in [0.15, 0.2) is 0 Å². The SMILES string of the molecule is CC(C)c1ccc(NC(=O)[C@H]2[C@H]3C=C[C@]4(O3)[C@H](C(=O)NC3CCCCC3)N(Cc3ccccc3)C(=O)[C@@H]24)cc1. The Morgan fingerprint density at radius 2 is 1.72 bits per heavy atom. The lowest BCUT2D eigenvalue weighted by atomic mass is 9.74. The second-order valence-corrected chi connectivity index (χ2v) is 11.8. The smallest absolute Gasteiger partial charge is 0.246 e. The van der Waals surface area contributed by atoms with Gasteiger partial charge >= 0.3 is 0 Å². The maximum absolute atomic E-state index is 14.1. The number of amides is 3. The molecule has 0 aromatic heterocycles. The fraction of sp³-hybridized carbons (Fsp3) is 0.469. The van der Waals surface area contributed by atoms with Crippen molar-refractivity contribution < 1.29 is 19.1 Å². The van der Waals surface area contributed by atoms with Crippen molar-refractivity contribution in [3.05, 3.63) is 77.9 Å². The van der Waals surface area contributed by atoms with Crippen LogP contribution in [-0.2, 0) is 25.7 Å². The summed E-state index contributed by atoms with van der Waals surface area (Å²) in [5, 5.41) is 6.25. The minimum absolute atomic E-state index is 0.103. The summed E-state index contributed by atoms with van der Waals surface area (Å²) in [5.74, 6) is -1.72. The molecule has 1 spiro atoms. The predicted octanol–water partition coefficient (Wildman–Crippen LogP) is 4.55. The van der Waals surface area contributed by atoms with Gasteiger partial charge in [0.25, 0.3) is 0 Å². The van der Waals surface area contributed by atoms with Crippen LogP contribution >= 0.6 is 0 Å². The molecule has 204 valence electrons. The van der Waals surface area contributed by atoms with Gasteiger partial charge in [0.2, 0.25) is 17.7 Å². The van der Waals surface area contributed by atoms with E-state index < -0.39 is 29.6 Å². The van der Waals surface area contributed by atoms with E-state index in [0.717, 1.165) is 31.2 Å². The fourth-order valence-corrected chi connectivity index (χ4v) is 6.92. The molecule has 2 saturated heterocycles. The number of carbonyl (C=O) groups excluding carboxylic acids is 3. The van der Waals surface area contributed by atoms with Crippen LogP contribution in [0.1, 0.15) is 63.0 Å². The first kappa shape index (κ1) is 25.8. The maximum atomic E-state index is 14.1. The van der Waals surface area contributed by atoms with Crippen molar-refractivity contribution in [2.45, 2.75) is 82.2 Å². The summed E-state index contributed by atoms with van der Waals surface area (Å²) in [5.41, 5.74) is 1.65. The molecule has 1 saturated carbocycles. The van der Waals surface area contributed by atoms with Crippen LogP contribution < -0.4 is 10.6 Å². The van der Waals surface area contributed by atoms with Crippen molar-refractivity contribution >= 4 is 23.4 Å². The van der Waals surface area contributed by atoms with E-state index in [4.69, 9.17) is 4.74 Å². The molecule has 7 heteroatoms. The second-order valence-electron chi connectivity index (χ2n) is 11.8. The average molecular weight is 528 g/mol. The predicted molar refractivity (Wildman–Crippen MR) is 149 cm³/mol. The molecule has 0 radical (unpaired) electrons. The van der Waals surface area contributed by atoms with Crippen LogP contribution in [0, 0.1) is 11.8 Å². The zero-order chi connectivity index (χ0) is 27.1. The third-order valence-corrected chi connectivity index (χ3v) is 8.92. The number of nitrogens with zero attached hydrogens (tertiary/aromatic N) is 1. The van der Waals surface area contributed by atoms with Crippen molar-refractivity contribution in [2.75, 3.05) is 5.32 Å². The summed E-state index contributed by atoms with van der Waals surface area (Å²) in [7, 11) is 0. The van der Waals surface area contributed by atoms with Crippen molar-refractivity contribution in [3.63, 3.8) is 0 Å². The Kier molecular flexibility index (Phi) is 6.79. The number of hydrogen-bond acceptors (Lipinski definition) is 4. The summed E-state index contributed by atoms with van der Waals surface area (Å²) < 4.78 is 6.47. The molecule has 6 rings (SSSR count). The molecular weight excluding hydrogens is 490 g/mol. The number of nitrogens with one attached hydrogen (secondary N) is 2. The highest BCUT2D eigenvalue weighted by molar-refractivity contribution is 6.02. The van der Waals surface area contributed by atoms with E-state index in [2.05, 4.69) is 24.5 Å². The molecule has 2 N–H and O–H groups in total. The molecule has 2 aromatic rings. The van der Waals surface area contributed by atoms with Crippen LogP contribution in [0.3, 0.4) is 0 Å². The number of hydrogen-bond donors (Lipinski definition) is 2. The summed E-state index contributed by atoms with van der Waals surface area (Å²) >= 11 is 0. The lowest BCUT2D eigenvalue weighted by Gasteiger charge is -2.34. The Bertz CT molecular complexity index is 1270. The number of benzene rings is 2. The van der Waals surface area contributed by atoms with Crippen LogP contribution in [0.25, 0.3) is 0 Å². The molecule has 3 aliphatic heterocycles. The largest absolute Gasteiger partial charge is 0.359 e. The van der Waals surface area contributed by atoms with Gasteiger partial charge in [-0.05, 0) is 42.0 Å². The summed E-state index contributed by atoms with van der Waals surface area (Å²) in [6.45, 7) is 4.53. The van der Waals surface area contributed by atoms with Crippen LogP contribution in [-0.4, -0.2) is 46.4 Å². The zero-order valence-electron chi connectivity index (χ0n) is 22.6. The van der Waals surface area contributed by atoms with E-state index in [1.807, 2.05) is 66.7 Å². The van der Waals surface area contributed by atoms with Crippen LogP contribution in [0.15, 0.2) is 66.7 Å². The number of ether oxygens (including phenoxy) is 1. The van der Waals surface area contributed by atoms with E-state index >= 15 is 0 Å². The molecule has 2 bridgehead atoms. The summed E-state index contributed by atoms with van der Waals surface area (Å²) in [6.07, 6.45) is 8.45. The molecule has 7 nitrogen and oxygen atoms in total. The van der Waals surface area contributed by atoms with Crippen LogP contribution in [0.5, 0.6) is 0 Å². The third-order valence-electron chi connectivity index (χ3n) is 8.92. The third kappa shape index (κ3) is 4.56. The average Bonchev–Trinajstić information content (AvgIpc) is 3.58. The van der Waals surface area contributed by atoms with Crippen LogP contribution in [0.2, 0.25) is 0 Å². The molecule has 0 unspecified atom stereocenters. The van der Waals surface area contributed by atoms with E-state index in [1.54, 1.807) is 4.90 Å². The number of anilines is 1. The first-order valence-electron chi connectivity index (χ1n) is 14.3. The summed E-state index contributed by atoms with van der Waals surface area (Å²) in [4.78, 5) is 43.4. The number of fused-ring (bicyclic) bond motifs is 1. The van der Waals surface area contributed by atoms with E-state index in [0.29, 0.717) is 11.6 Å². The number of likely N-dealkylation sites (tertiary alicyclic amines) is 1. The van der Waals surface area contributed by atoms with Crippen LogP contribution in [0.4, 0.5) is 5.69 Å². The Labute approximate surface area is 230 Å². The molecule has 2 aromatic carbocycles. The van der Waals surface area contributed by atoms with Gasteiger partial charge < -0.3 is 20.3 Å². The molecule has 4 aliphatic rings. The first-order valence-corrected chi connectivity index (χ1v) is 14.3. The molecule has 1 aliphatic carbocycles. The Morgan fingerprint density at radius 3 is 2.41 bits per heavy atom. The van der Waals surface area contributed by atoms with Gasteiger partial charge in [0, 0.05) is 18.3 Å². The normalized spacial score (nSPS) is 29.6.